The van der Waals surface area contributed by atoms with E-state index in [-0.39, 0.29) is 11.4 Å². The number of halogens is 1. The van der Waals surface area contributed by atoms with Crippen LogP contribution in [0.2, 0.25) is 0 Å². The zero-order valence-corrected chi connectivity index (χ0v) is 17.8. The topological polar surface area (TPSA) is 46.6 Å². The molecule has 0 unspecified atom stereocenters. The van der Waals surface area contributed by atoms with Gasteiger partial charge in [0.2, 0.25) is 0 Å². The predicted molar refractivity (Wildman–Crippen MR) is 116 cm³/mol. The highest BCUT2D eigenvalue weighted by Crippen LogP contribution is 2.16. The maximum absolute atomic E-state index is 14.7. The highest BCUT2D eigenvalue weighted by molar-refractivity contribution is 7.86. The molecule has 0 saturated heterocycles. The molecule has 3 aromatic carbocycles. The highest BCUT2D eigenvalue weighted by Gasteiger charge is 2.20. The van der Waals surface area contributed by atoms with Gasteiger partial charge in [0.15, 0.2) is 0 Å². The largest absolute Gasteiger partial charge is 0.297 e. The smallest absolute Gasteiger partial charge is 0.292 e. The summed E-state index contributed by atoms with van der Waals surface area (Å²) in [6.45, 7) is 2.52. The third-order valence-corrected chi connectivity index (χ3v) is 5.96. The highest BCUT2D eigenvalue weighted by atomic mass is 32.2. The van der Waals surface area contributed by atoms with Crippen LogP contribution in [0.1, 0.15) is 16.7 Å². The van der Waals surface area contributed by atoms with E-state index in [4.69, 9.17) is 4.18 Å². The Bertz CT molecular complexity index is 968. The van der Waals surface area contributed by atoms with Crippen LogP contribution >= 0.6 is 0 Å². The number of hydrogen-bond acceptors (Lipinski definition) is 4. The molecule has 0 fully saturated rings. The van der Waals surface area contributed by atoms with Crippen molar-refractivity contribution >= 4 is 10.1 Å². The van der Waals surface area contributed by atoms with Crippen molar-refractivity contribution in [3.05, 3.63) is 102 Å². The first-order valence-corrected chi connectivity index (χ1v) is 11.2. The van der Waals surface area contributed by atoms with Crippen LogP contribution in [0.25, 0.3) is 0 Å². The van der Waals surface area contributed by atoms with E-state index >= 15 is 0 Å². The third-order valence-electron chi connectivity index (χ3n) is 4.67. The predicted octanol–water partition coefficient (Wildman–Crippen LogP) is 4.74. The number of benzene rings is 3. The van der Waals surface area contributed by atoms with Crippen molar-refractivity contribution in [1.82, 2.24) is 4.90 Å². The van der Waals surface area contributed by atoms with Gasteiger partial charge in [-0.1, -0.05) is 78.4 Å². The lowest BCUT2D eigenvalue weighted by Gasteiger charge is -2.24. The van der Waals surface area contributed by atoms with Crippen LogP contribution in [0, 0.1) is 6.92 Å². The Morgan fingerprint density at radius 1 is 0.833 bits per heavy atom. The van der Waals surface area contributed by atoms with E-state index in [1.165, 1.54) is 12.1 Å². The van der Waals surface area contributed by atoms with Gasteiger partial charge in [0.1, 0.15) is 6.17 Å². The van der Waals surface area contributed by atoms with Crippen molar-refractivity contribution in [2.75, 3.05) is 13.2 Å². The molecule has 0 aliphatic carbocycles. The van der Waals surface area contributed by atoms with Crippen molar-refractivity contribution in [3.8, 4) is 0 Å². The summed E-state index contributed by atoms with van der Waals surface area (Å²) in [7, 11) is -3.98. The molecule has 0 aliphatic rings. The van der Waals surface area contributed by atoms with Crippen LogP contribution in [-0.4, -0.2) is 32.6 Å². The van der Waals surface area contributed by atoms with E-state index in [9.17, 15) is 12.8 Å². The van der Waals surface area contributed by atoms with Crippen molar-refractivity contribution in [2.45, 2.75) is 31.1 Å². The van der Waals surface area contributed by atoms with Gasteiger partial charge in [-0.3, -0.25) is 9.08 Å². The molecule has 1 atom stereocenters. The Kier molecular flexibility index (Phi) is 7.74. The van der Waals surface area contributed by atoms with Crippen LogP contribution in [0.15, 0.2) is 89.8 Å². The van der Waals surface area contributed by atoms with E-state index in [0.717, 1.165) is 16.7 Å². The average Bonchev–Trinajstić information content (AvgIpc) is 2.74. The van der Waals surface area contributed by atoms with Crippen LogP contribution in [0.5, 0.6) is 0 Å². The monoisotopic (exact) mass is 427 g/mol. The number of nitrogens with zero attached hydrogens (tertiary/aromatic N) is 1. The van der Waals surface area contributed by atoms with Gasteiger partial charge in [0.05, 0.1) is 11.5 Å². The van der Waals surface area contributed by atoms with Crippen molar-refractivity contribution < 1.29 is 17.0 Å². The molecule has 3 aromatic rings. The molecule has 30 heavy (non-hydrogen) atoms. The lowest BCUT2D eigenvalue weighted by Crippen LogP contribution is -2.32. The van der Waals surface area contributed by atoms with E-state index < -0.39 is 22.9 Å². The molecule has 3 rings (SSSR count). The summed E-state index contributed by atoms with van der Waals surface area (Å²) in [6.07, 6.45) is -1.45. The molecule has 0 aliphatic heterocycles. The number of aryl methyl sites for hydroxylation is 1. The van der Waals surface area contributed by atoms with Gasteiger partial charge in [-0.25, -0.2) is 4.39 Å². The van der Waals surface area contributed by atoms with Crippen LogP contribution < -0.4 is 0 Å². The molecule has 0 aromatic heterocycles. The van der Waals surface area contributed by atoms with Gasteiger partial charge in [-0.15, -0.1) is 0 Å². The maximum atomic E-state index is 14.7. The quantitative estimate of drug-likeness (QED) is 0.439. The summed E-state index contributed by atoms with van der Waals surface area (Å²) in [5.41, 5.74) is 3.07. The lowest BCUT2D eigenvalue weighted by molar-refractivity contribution is 0.131. The Balaban J connectivity index is 1.63. The standard InChI is InChI=1S/C24H26FNO3S/c1-20-12-14-24(15-13-20)30(27,28)29-19-23(25)18-26(16-21-8-4-2-5-9-21)17-22-10-6-3-7-11-22/h2-15,23H,16-19H2,1H3/t23-/m1/s1. The number of hydrogen-bond donors (Lipinski definition) is 0. The summed E-state index contributed by atoms with van der Waals surface area (Å²) in [5.74, 6) is 0. The minimum atomic E-state index is -3.98. The molecular weight excluding hydrogens is 401 g/mol. The van der Waals surface area contributed by atoms with E-state index in [1.807, 2.05) is 72.5 Å². The Labute approximate surface area is 178 Å². The second-order valence-corrected chi connectivity index (χ2v) is 8.91. The van der Waals surface area contributed by atoms with Gasteiger partial charge >= 0.3 is 0 Å². The van der Waals surface area contributed by atoms with Crippen molar-refractivity contribution in [3.63, 3.8) is 0 Å². The Morgan fingerprint density at radius 2 is 1.33 bits per heavy atom. The average molecular weight is 428 g/mol. The normalized spacial score (nSPS) is 12.8. The third kappa shape index (κ3) is 6.76. The van der Waals surface area contributed by atoms with Crippen LogP contribution in [0.4, 0.5) is 4.39 Å². The summed E-state index contributed by atoms with van der Waals surface area (Å²) >= 11 is 0. The molecule has 0 amide bonds. The summed E-state index contributed by atoms with van der Waals surface area (Å²) in [4.78, 5) is 1.99. The second kappa shape index (κ2) is 10.5. The molecule has 0 bridgehead atoms. The summed E-state index contributed by atoms with van der Waals surface area (Å²) < 4.78 is 44.4. The minimum absolute atomic E-state index is 0.0331. The van der Waals surface area contributed by atoms with Gasteiger partial charge < -0.3 is 0 Å². The van der Waals surface area contributed by atoms with Crippen LogP contribution in [-0.2, 0) is 27.4 Å². The molecule has 0 radical (unpaired) electrons. The van der Waals surface area contributed by atoms with Gasteiger partial charge in [-0.05, 0) is 30.2 Å². The van der Waals surface area contributed by atoms with Crippen molar-refractivity contribution in [2.24, 2.45) is 0 Å². The van der Waals surface area contributed by atoms with Crippen LogP contribution in [0.3, 0.4) is 0 Å². The fourth-order valence-corrected chi connectivity index (χ4v) is 4.07. The first-order valence-electron chi connectivity index (χ1n) is 9.83. The minimum Gasteiger partial charge on any atom is -0.292 e. The molecule has 0 N–H and O–H groups in total. The zero-order chi connectivity index (χ0) is 21.4. The molecule has 0 spiro atoms. The van der Waals surface area contributed by atoms with E-state index in [0.29, 0.717) is 13.1 Å². The van der Waals surface area contributed by atoms with Gasteiger partial charge in [0.25, 0.3) is 10.1 Å². The Morgan fingerprint density at radius 3 is 1.83 bits per heavy atom. The molecular formula is C24H26FNO3S. The molecule has 158 valence electrons. The van der Waals surface area contributed by atoms with Crippen molar-refractivity contribution in [1.29, 1.82) is 0 Å². The van der Waals surface area contributed by atoms with E-state index in [1.54, 1.807) is 12.1 Å². The first-order chi connectivity index (χ1) is 14.4. The second-order valence-electron chi connectivity index (χ2n) is 7.29. The molecule has 4 nitrogen and oxygen atoms in total. The van der Waals surface area contributed by atoms with Gasteiger partial charge in [0, 0.05) is 19.6 Å². The Hall–Kier alpha value is -2.54. The van der Waals surface area contributed by atoms with E-state index in [2.05, 4.69) is 0 Å². The number of rotatable bonds is 10. The molecule has 6 heteroatoms. The maximum Gasteiger partial charge on any atom is 0.297 e. The molecule has 0 heterocycles. The summed E-state index contributed by atoms with van der Waals surface area (Å²) in [5, 5.41) is 0. The fraction of sp³-hybridized carbons (Fsp3) is 0.250. The summed E-state index contributed by atoms with van der Waals surface area (Å²) in [6, 6.07) is 25.9. The zero-order valence-electron chi connectivity index (χ0n) is 16.9. The SMILES string of the molecule is Cc1ccc(S(=O)(=O)OC[C@H](F)CN(Cc2ccccc2)Cc2ccccc2)cc1. The number of alkyl halides is 1. The molecule has 0 saturated carbocycles. The fourth-order valence-electron chi connectivity index (χ4n) is 3.14. The first kappa shape index (κ1) is 22.2. The lowest BCUT2D eigenvalue weighted by atomic mass is 10.1. The van der Waals surface area contributed by atoms with Gasteiger partial charge in [-0.2, -0.15) is 8.42 Å².